The first kappa shape index (κ1) is 58.4. The van der Waals surface area contributed by atoms with E-state index in [4.69, 9.17) is 14.2 Å². The molecule has 0 rings (SSSR count). The van der Waals surface area contributed by atoms with E-state index in [9.17, 15) is 14.4 Å². The SMILES string of the molecule is CCCC/C=C\C=C/CCCCCC(=O)OCC(COC(=O)CCCCCCC/C=C\CCCCCCCCCCC)OC(=O)CCCCC/C=C\CCCCCCCCC. The molecule has 0 aliphatic carbocycles. The molecule has 1 unspecified atom stereocenters. The van der Waals surface area contributed by atoms with Crippen molar-refractivity contribution in [2.45, 2.75) is 271 Å². The highest BCUT2D eigenvalue weighted by atomic mass is 16.6. The van der Waals surface area contributed by atoms with E-state index in [0.717, 1.165) is 89.9 Å². The van der Waals surface area contributed by atoms with Crippen molar-refractivity contribution in [3.8, 4) is 0 Å². The minimum absolute atomic E-state index is 0.0913. The molecule has 0 amide bonds. The van der Waals surface area contributed by atoms with E-state index in [-0.39, 0.29) is 31.1 Å². The van der Waals surface area contributed by atoms with Crippen LogP contribution in [-0.2, 0) is 28.6 Å². The Labute approximate surface area is 378 Å². The minimum Gasteiger partial charge on any atom is -0.462 e. The molecule has 0 aromatic heterocycles. The zero-order valence-corrected chi connectivity index (χ0v) is 40.4. The molecule has 0 radical (unpaired) electrons. The van der Waals surface area contributed by atoms with Crippen LogP contribution < -0.4 is 0 Å². The Balaban J connectivity index is 4.38. The van der Waals surface area contributed by atoms with E-state index in [1.807, 2.05) is 0 Å². The highest BCUT2D eigenvalue weighted by molar-refractivity contribution is 5.71. The number of ether oxygens (including phenoxy) is 3. The summed E-state index contributed by atoms with van der Waals surface area (Å²) in [7, 11) is 0. The third-order valence-corrected chi connectivity index (χ3v) is 11.3. The van der Waals surface area contributed by atoms with Crippen molar-refractivity contribution in [1.82, 2.24) is 0 Å². The summed E-state index contributed by atoms with van der Waals surface area (Å²) in [6.07, 6.45) is 59.6. The van der Waals surface area contributed by atoms with Crippen LogP contribution in [0.25, 0.3) is 0 Å². The molecule has 0 bridgehead atoms. The van der Waals surface area contributed by atoms with Crippen molar-refractivity contribution in [1.29, 1.82) is 0 Å². The van der Waals surface area contributed by atoms with Crippen molar-refractivity contribution >= 4 is 17.9 Å². The zero-order chi connectivity index (χ0) is 44.4. The van der Waals surface area contributed by atoms with E-state index in [2.05, 4.69) is 69.4 Å². The van der Waals surface area contributed by atoms with Gasteiger partial charge in [-0.3, -0.25) is 14.4 Å². The lowest BCUT2D eigenvalue weighted by Gasteiger charge is -2.18. The van der Waals surface area contributed by atoms with Gasteiger partial charge in [0, 0.05) is 19.3 Å². The van der Waals surface area contributed by atoms with Crippen LogP contribution in [0.2, 0.25) is 0 Å². The highest BCUT2D eigenvalue weighted by Crippen LogP contribution is 2.14. The van der Waals surface area contributed by atoms with Crippen LogP contribution in [0.3, 0.4) is 0 Å². The lowest BCUT2D eigenvalue weighted by molar-refractivity contribution is -0.167. The summed E-state index contributed by atoms with van der Waals surface area (Å²) in [5, 5.41) is 0. The zero-order valence-electron chi connectivity index (χ0n) is 40.4. The van der Waals surface area contributed by atoms with Crippen molar-refractivity contribution < 1.29 is 28.6 Å². The first-order valence-electron chi connectivity index (χ1n) is 26.2. The van der Waals surface area contributed by atoms with Crippen LogP contribution in [0.5, 0.6) is 0 Å². The maximum absolute atomic E-state index is 12.8. The van der Waals surface area contributed by atoms with E-state index in [0.29, 0.717) is 19.3 Å². The second-order valence-corrected chi connectivity index (χ2v) is 17.5. The average Bonchev–Trinajstić information content (AvgIpc) is 3.26. The van der Waals surface area contributed by atoms with E-state index in [1.54, 1.807) is 0 Å². The normalized spacial score (nSPS) is 12.4. The van der Waals surface area contributed by atoms with Crippen LogP contribution in [0.1, 0.15) is 265 Å². The number of hydrogen-bond donors (Lipinski definition) is 0. The van der Waals surface area contributed by atoms with E-state index in [1.165, 1.54) is 135 Å². The number of carbonyl (C=O) groups excluding carboxylic acids is 3. The smallest absolute Gasteiger partial charge is 0.306 e. The molecule has 1 atom stereocenters. The summed E-state index contributed by atoms with van der Waals surface area (Å²) in [5.41, 5.74) is 0. The van der Waals surface area contributed by atoms with Crippen LogP contribution >= 0.6 is 0 Å². The van der Waals surface area contributed by atoms with Gasteiger partial charge in [-0.15, -0.1) is 0 Å². The first-order chi connectivity index (χ1) is 30.0. The molecule has 6 nitrogen and oxygen atoms in total. The van der Waals surface area contributed by atoms with Crippen molar-refractivity contribution in [2.75, 3.05) is 13.2 Å². The van der Waals surface area contributed by atoms with Crippen LogP contribution in [0, 0.1) is 0 Å². The summed E-state index contributed by atoms with van der Waals surface area (Å²) in [4.78, 5) is 37.9. The number of esters is 3. The molecule has 0 aliphatic heterocycles. The summed E-state index contributed by atoms with van der Waals surface area (Å²) >= 11 is 0. The monoisotopic (exact) mass is 855 g/mol. The molecule has 0 N–H and O–H groups in total. The molecule has 61 heavy (non-hydrogen) atoms. The average molecular weight is 855 g/mol. The van der Waals surface area contributed by atoms with Crippen LogP contribution in [0.4, 0.5) is 0 Å². The summed E-state index contributed by atoms with van der Waals surface area (Å²) in [6.45, 7) is 6.55. The Bertz CT molecular complexity index is 1070. The molecule has 354 valence electrons. The Kier molecular flexibility index (Phi) is 47.9. The fraction of sp³-hybridized carbons (Fsp3) is 0.800. The van der Waals surface area contributed by atoms with Gasteiger partial charge in [-0.1, -0.05) is 204 Å². The fourth-order valence-electron chi connectivity index (χ4n) is 7.29. The summed E-state index contributed by atoms with van der Waals surface area (Å²) in [6, 6.07) is 0. The van der Waals surface area contributed by atoms with Gasteiger partial charge >= 0.3 is 17.9 Å². The second kappa shape index (κ2) is 50.0. The van der Waals surface area contributed by atoms with Crippen LogP contribution in [0.15, 0.2) is 48.6 Å². The molecule has 0 fully saturated rings. The number of allylic oxidation sites excluding steroid dienone is 8. The first-order valence-corrected chi connectivity index (χ1v) is 26.2. The number of rotatable bonds is 47. The molecular weight excluding hydrogens is 757 g/mol. The number of hydrogen-bond acceptors (Lipinski definition) is 6. The largest absolute Gasteiger partial charge is 0.462 e. The van der Waals surface area contributed by atoms with Crippen LogP contribution in [-0.4, -0.2) is 37.2 Å². The van der Waals surface area contributed by atoms with Gasteiger partial charge in [0.25, 0.3) is 0 Å². The van der Waals surface area contributed by atoms with Gasteiger partial charge in [0.1, 0.15) is 13.2 Å². The predicted octanol–water partition coefficient (Wildman–Crippen LogP) is 17.1. The van der Waals surface area contributed by atoms with Gasteiger partial charge in [0.2, 0.25) is 0 Å². The second-order valence-electron chi connectivity index (χ2n) is 17.5. The highest BCUT2D eigenvalue weighted by Gasteiger charge is 2.19. The van der Waals surface area contributed by atoms with E-state index < -0.39 is 6.10 Å². The van der Waals surface area contributed by atoms with Gasteiger partial charge in [-0.05, 0) is 89.9 Å². The Morgan fingerprint density at radius 2 is 0.607 bits per heavy atom. The van der Waals surface area contributed by atoms with E-state index >= 15 is 0 Å². The predicted molar refractivity (Wildman–Crippen MR) is 261 cm³/mol. The maximum atomic E-state index is 12.8. The molecular formula is C55H98O6. The van der Waals surface area contributed by atoms with Gasteiger partial charge < -0.3 is 14.2 Å². The third kappa shape index (κ3) is 48.3. The van der Waals surface area contributed by atoms with Crippen molar-refractivity contribution in [3.63, 3.8) is 0 Å². The lowest BCUT2D eigenvalue weighted by Crippen LogP contribution is -2.30. The third-order valence-electron chi connectivity index (χ3n) is 11.3. The van der Waals surface area contributed by atoms with Crippen molar-refractivity contribution in [2.24, 2.45) is 0 Å². The summed E-state index contributed by atoms with van der Waals surface area (Å²) in [5.74, 6) is -0.938. The van der Waals surface area contributed by atoms with Gasteiger partial charge in [-0.2, -0.15) is 0 Å². The maximum Gasteiger partial charge on any atom is 0.306 e. The molecule has 0 heterocycles. The quantitative estimate of drug-likeness (QED) is 0.0199. The van der Waals surface area contributed by atoms with Crippen molar-refractivity contribution in [3.05, 3.63) is 48.6 Å². The molecule has 6 heteroatoms. The Hall–Kier alpha value is -2.63. The number of unbranched alkanes of at least 4 members (excludes halogenated alkanes) is 29. The Morgan fingerprint density at radius 1 is 0.328 bits per heavy atom. The van der Waals surface area contributed by atoms with Gasteiger partial charge in [-0.25, -0.2) is 0 Å². The molecule has 0 aliphatic rings. The standard InChI is InChI=1S/C55H98O6/c1-4-7-10-13-16-19-22-24-26-27-28-29-31-33-36-39-42-45-48-54(57)60-51-52(50-59-53(56)47-44-41-38-35-32-21-18-15-12-9-6-3)61-55(58)49-46-43-40-37-34-30-25-23-20-17-14-11-8-5-2/h15,18,21,28-30,32,34,52H,4-14,16-17,19-20,22-27,31,33,35-51H2,1-3H3/b18-15-,29-28-,32-21-,34-30-. The van der Waals surface area contributed by atoms with Gasteiger partial charge in [0.15, 0.2) is 6.10 Å². The molecule has 0 aromatic rings. The Morgan fingerprint density at radius 3 is 0.984 bits per heavy atom. The van der Waals surface area contributed by atoms with Gasteiger partial charge in [0.05, 0.1) is 0 Å². The number of carbonyl (C=O) groups is 3. The molecule has 0 saturated heterocycles. The fourth-order valence-corrected chi connectivity index (χ4v) is 7.29. The molecule has 0 spiro atoms. The molecule has 0 saturated carbocycles. The lowest BCUT2D eigenvalue weighted by atomic mass is 10.1. The minimum atomic E-state index is -0.793. The molecule has 0 aromatic carbocycles. The summed E-state index contributed by atoms with van der Waals surface area (Å²) < 4.78 is 16.7. The topological polar surface area (TPSA) is 78.9 Å².